The number of aromatic nitrogens is 3. The molecule has 0 amide bonds. The van der Waals surface area contributed by atoms with Crippen molar-refractivity contribution in [3.8, 4) is 0 Å². The molecule has 0 bridgehead atoms. The summed E-state index contributed by atoms with van der Waals surface area (Å²) in [4.78, 5) is 13.0. The van der Waals surface area contributed by atoms with Crippen molar-refractivity contribution in [1.29, 1.82) is 0 Å². The number of anilines is 2. The van der Waals surface area contributed by atoms with Crippen LogP contribution in [0.4, 0.5) is 11.6 Å². The summed E-state index contributed by atoms with van der Waals surface area (Å²) >= 11 is 7.34. The number of aryl methyl sites for hydroxylation is 1. The lowest BCUT2D eigenvalue weighted by atomic mass is 10.5. The molecule has 4 N–H and O–H groups in total. The quantitative estimate of drug-likeness (QED) is 0.866. The monoisotopic (exact) mass is 267 g/mol. The molecule has 0 aliphatic rings. The van der Waals surface area contributed by atoms with Gasteiger partial charge in [-0.3, -0.25) is 0 Å². The maximum Gasteiger partial charge on any atom is 0.156 e. The van der Waals surface area contributed by atoms with E-state index in [1.54, 1.807) is 18.5 Å². The van der Waals surface area contributed by atoms with E-state index in [2.05, 4.69) is 15.0 Å². The van der Waals surface area contributed by atoms with Crippen molar-refractivity contribution in [3.63, 3.8) is 0 Å². The molecule has 2 heterocycles. The topological polar surface area (TPSA) is 90.7 Å². The number of hydrogen-bond donors (Lipinski definition) is 2. The van der Waals surface area contributed by atoms with Gasteiger partial charge in [-0.1, -0.05) is 23.4 Å². The summed E-state index contributed by atoms with van der Waals surface area (Å²) in [7, 11) is 0. The molecule has 2 aromatic heterocycles. The maximum atomic E-state index is 6.03. The van der Waals surface area contributed by atoms with Crippen LogP contribution < -0.4 is 11.5 Å². The Labute approximate surface area is 108 Å². The van der Waals surface area contributed by atoms with Gasteiger partial charge in [-0.15, -0.1) is 0 Å². The number of nitrogens with zero attached hydrogens (tertiary/aromatic N) is 3. The highest BCUT2D eigenvalue weighted by Crippen LogP contribution is 2.35. The molecule has 0 aliphatic heterocycles. The van der Waals surface area contributed by atoms with E-state index in [-0.39, 0.29) is 5.82 Å². The van der Waals surface area contributed by atoms with E-state index in [0.29, 0.717) is 15.9 Å². The fourth-order valence-electron chi connectivity index (χ4n) is 1.19. The van der Waals surface area contributed by atoms with Gasteiger partial charge in [0.2, 0.25) is 0 Å². The van der Waals surface area contributed by atoms with Crippen molar-refractivity contribution in [3.05, 3.63) is 29.2 Å². The zero-order chi connectivity index (χ0) is 12.4. The number of nitrogen functional groups attached to an aromatic ring is 2. The molecule has 0 saturated heterocycles. The number of hydrogen-bond acceptors (Lipinski definition) is 6. The van der Waals surface area contributed by atoms with Gasteiger partial charge in [0.15, 0.2) is 5.82 Å². The smallest absolute Gasteiger partial charge is 0.156 e. The molecular formula is C10H10ClN5S. The zero-order valence-corrected chi connectivity index (χ0v) is 10.6. The van der Waals surface area contributed by atoms with Crippen LogP contribution in [0.2, 0.25) is 5.02 Å². The third-order valence-electron chi connectivity index (χ3n) is 1.97. The SMILES string of the molecule is Cc1cnc(Sc2ccnc(N)c2Cl)c(N)n1. The molecule has 0 fully saturated rings. The molecule has 2 aromatic rings. The van der Waals surface area contributed by atoms with Gasteiger partial charge in [0.25, 0.3) is 0 Å². The minimum absolute atomic E-state index is 0.287. The van der Waals surface area contributed by atoms with E-state index in [0.717, 1.165) is 10.6 Å². The summed E-state index contributed by atoms with van der Waals surface area (Å²) in [6.07, 6.45) is 3.23. The van der Waals surface area contributed by atoms with Gasteiger partial charge in [0.05, 0.1) is 10.7 Å². The van der Waals surface area contributed by atoms with Crippen molar-refractivity contribution >= 4 is 35.0 Å². The summed E-state index contributed by atoms with van der Waals surface area (Å²) in [5, 5.41) is 1.00. The van der Waals surface area contributed by atoms with Gasteiger partial charge in [0, 0.05) is 17.3 Å². The Hall–Kier alpha value is -1.53. The lowest BCUT2D eigenvalue weighted by molar-refractivity contribution is 1.03. The van der Waals surface area contributed by atoms with E-state index < -0.39 is 0 Å². The lowest BCUT2D eigenvalue weighted by Gasteiger charge is -2.06. The fourth-order valence-corrected chi connectivity index (χ4v) is 2.20. The lowest BCUT2D eigenvalue weighted by Crippen LogP contribution is -1.98. The van der Waals surface area contributed by atoms with E-state index in [9.17, 15) is 0 Å². The Bertz CT molecular complexity index is 560. The minimum Gasteiger partial charge on any atom is -0.382 e. The third kappa shape index (κ3) is 2.59. The van der Waals surface area contributed by atoms with Crippen molar-refractivity contribution in [2.45, 2.75) is 16.8 Å². The average Bonchev–Trinajstić information content (AvgIpc) is 2.28. The van der Waals surface area contributed by atoms with Gasteiger partial charge in [-0.05, 0) is 13.0 Å². The third-order valence-corrected chi connectivity index (χ3v) is 3.55. The summed E-state index contributed by atoms with van der Waals surface area (Å²) in [6, 6.07) is 1.75. The maximum absolute atomic E-state index is 6.03. The molecule has 0 unspecified atom stereocenters. The predicted octanol–water partition coefficient (Wildman–Crippen LogP) is 2.15. The highest BCUT2D eigenvalue weighted by Gasteiger charge is 2.10. The molecule has 0 radical (unpaired) electrons. The highest BCUT2D eigenvalue weighted by molar-refractivity contribution is 7.99. The number of rotatable bonds is 2. The van der Waals surface area contributed by atoms with Crippen LogP contribution in [0.3, 0.4) is 0 Å². The van der Waals surface area contributed by atoms with E-state index in [1.165, 1.54) is 11.8 Å². The molecule has 0 spiro atoms. The largest absolute Gasteiger partial charge is 0.382 e. The zero-order valence-electron chi connectivity index (χ0n) is 9.01. The van der Waals surface area contributed by atoms with Gasteiger partial charge in [-0.2, -0.15) is 0 Å². The Morgan fingerprint density at radius 2 is 2.00 bits per heavy atom. The van der Waals surface area contributed by atoms with Crippen LogP contribution in [0.25, 0.3) is 0 Å². The first-order valence-corrected chi connectivity index (χ1v) is 5.94. The molecule has 2 rings (SSSR count). The van der Waals surface area contributed by atoms with Crippen LogP contribution >= 0.6 is 23.4 Å². The summed E-state index contributed by atoms with van der Waals surface area (Å²) in [5.74, 6) is 0.664. The minimum atomic E-state index is 0.287. The molecule has 5 nitrogen and oxygen atoms in total. The fraction of sp³-hybridized carbons (Fsp3) is 0.100. The highest BCUT2D eigenvalue weighted by atomic mass is 35.5. The summed E-state index contributed by atoms with van der Waals surface area (Å²) < 4.78 is 0. The average molecular weight is 268 g/mol. The summed E-state index contributed by atoms with van der Waals surface area (Å²) in [6.45, 7) is 1.83. The molecule has 0 atom stereocenters. The molecule has 7 heteroatoms. The molecule has 0 saturated carbocycles. The van der Waals surface area contributed by atoms with Gasteiger partial charge < -0.3 is 11.5 Å². The van der Waals surface area contributed by atoms with E-state index in [1.807, 2.05) is 6.92 Å². The first-order valence-electron chi connectivity index (χ1n) is 4.75. The summed E-state index contributed by atoms with van der Waals surface area (Å²) in [5.41, 5.74) is 12.2. The van der Waals surface area contributed by atoms with Crippen LogP contribution in [0.5, 0.6) is 0 Å². The van der Waals surface area contributed by atoms with Crippen LogP contribution in [0.1, 0.15) is 5.69 Å². The van der Waals surface area contributed by atoms with Crippen molar-refractivity contribution in [2.24, 2.45) is 0 Å². The first kappa shape index (κ1) is 11.9. The normalized spacial score (nSPS) is 10.5. The van der Waals surface area contributed by atoms with Crippen LogP contribution in [0, 0.1) is 6.92 Å². The number of pyridine rings is 1. The van der Waals surface area contributed by atoms with Crippen LogP contribution in [0.15, 0.2) is 28.4 Å². The second-order valence-electron chi connectivity index (χ2n) is 3.31. The number of nitrogens with two attached hydrogens (primary N) is 2. The molecular weight excluding hydrogens is 258 g/mol. The Morgan fingerprint density at radius 3 is 2.71 bits per heavy atom. The van der Waals surface area contributed by atoms with Crippen LogP contribution in [-0.4, -0.2) is 15.0 Å². The van der Waals surface area contributed by atoms with Crippen molar-refractivity contribution in [1.82, 2.24) is 15.0 Å². The number of halogens is 1. The first-order chi connectivity index (χ1) is 8.08. The van der Waals surface area contributed by atoms with E-state index >= 15 is 0 Å². The van der Waals surface area contributed by atoms with Crippen molar-refractivity contribution in [2.75, 3.05) is 11.5 Å². The molecule has 88 valence electrons. The van der Waals surface area contributed by atoms with E-state index in [4.69, 9.17) is 23.1 Å². The standard InChI is InChI=1S/C10H10ClN5S/c1-5-4-15-10(9(13)16-5)17-6-2-3-14-8(12)7(6)11/h2-4H,1H3,(H2,12,14)(H2,13,16). The molecule has 0 aromatic carbocycles. The van der Waals surface area contributed by atoms with Gasteiger partial charge >= 0.3 is 0 Å². The van der Waals surface area contributed by atoms with Crippen LogP contribution in [-0.2, 0) is 0 Å². The molecule has 17 heavy (non-hydrogen) atoms. The second-order valence-corrected chi connectivity index (χ2v) is 4.72. The Kier molecular flexibility index (Phi) is 3.35. The Balaban J connectivity index is 2.35. The molecule has 0 aliphatic carbocycles. The van der Waals surface area contributed by atoms with Gasteiger partial charge in [-0.25, -0.2) is 15.0 Å². The van der Waals surface area contributed by atoms with Gasteiger partial charge in [0.1, 0.15) is 10.8 Å². The second kappa shape index (κ2) is 4.77. The Morgan fingerprint density at radius 1 is 1.24 bits per heavy atom. The predicted molar refractivity (Wildman–Crippen MR) is 69.0 cm³/mol. The van der Waals surface area contributed by atoms with Crippen molar-refractivity contribution < 1.29 is 0 Å².